The van der Waals surface area contributed by atoms with Crippen molar-refractivity contribution in [2.45, 2.75) is 4.90 Å². The number of esters is 2. The molecule has 0 fully saturated rings. The molecule has 2 aromatic rings. The summed E-state index contributed by atoms with van der Waals surface area (Å²) in [5.41, 5.74) is -0.0199. The molecule has 0 saturated carbocycles. The number of benzene rings is 2. The van der Waals surface area contributed by atoms with Crippen LogP contribution in [0.25, 0.3) is 0 Å². The Hall–Kier alpha value is -2.91. The molecule has 1 N–H and O–H groups in total. The summed E-state index contributed by atoms with van der Waals surface area (Å²) in [7, 11) is -1.99. The first kappa shape index (κ1) is 18.4. The van der Waals surface area contributed by atoms with E-state index in [0.29, 0.717) is 0 Å². The minimum atomic E-state index is -4.35. The minimum Gasteiger partial charge on any atom is -0.465 e. The first-order valence-electron chi connectivity index (χ1n) is 6.83. The molecule has 0 bridgehead atoms. The van der Waals surface area contributed by atoms with E-state index in [0.717, 1.165) is 12.1 Å². The molecular formula is C16H14O8S. The largest absolute Gasteiger partial charge is 0.465 e. The standard InChI is InChI=1S/C16H14O8S/c1-22-15(17)12-4-3-5-13(16(18)23-2)14(12)24-10-6-8-11(9-7-10)25(19,20)21/h3-9H,1-2H3,(H,19,20,21). The van der Waals surface area contributed by atoms with Crippen LogP contribution in [0.15, 0.2) is 47.4 Å². The van der Waals surface area contributed by atoms with Gasteiger partial charge in [0.2, 0.25) is 0 Å². The second kappa shape index (κ2) is 7.32. The van der Waals surface area contributed by atoms with E-state index in [1.807, 2.05) is 0 Å². The van der Waals surface area contributed by atoms with Crippen LogP contribution in [0.3, 0.4) is 0 Å². The second-order valence-electron chi connectivity index (χ2n) is 4.71. The number of methoxy groups -OCH3 is 2. The lowest BCUT2D eigenvalue weighted by Crippen LogP contribution is -2.10. The minimum absolute atomic E-state index is 0.00995. The zero-order valence-electron chi connectivity index (χ0n) is 13.3. The van der Waals surface area contributed by atoms with Gasteiger partial charge in [0.15, 0.2) is 5.75 Å². The fourth-order valence-corrected chi connectivity index (χ4v) is 2.47. The lowest BCUT2D eigenvalue weighted by atomic mass is 10.1. The highest BCUT2D eigenvalue weighted by atomic mass is 32.2. The highest BCUT2D eigenvalue weighted by Crippen LogP contribution is 2.31. The van der Waals surface area contributed by atoms with Crippen LogP contribution in [0, 0.1) is 0 Å². The SMILES string of the molecule is COC(=O)c1cccc(C(=O)OC)c1Oc1ccc(S(=O)(=O)O)cc1. The Morgan fingerprint density at radius 3 is 1.76 bits per heavy atom. The van der Waals surface area contributed by atoms with Crippen LogP contribution in [0.2, 0.25) is 0 Å². The highest BCUT2D eigenvalue weighted by Gasteiger charge is 2.22. The number of carbonyl (C=O) groups excluding carboxylic acids is 2. The molecule has 2 aromatic carbocycles. The number of rotatable bonds is 5. The summed E-state index contributed by atoms with van der Waals surface area (Å²) in [4.78, 5) is 23.5. The van der Waals surface area contributed by atoms with Crippen molar-refractivity contribution in [2.75, 3.05) is 14.2 Å². The topological polar surface area (TPSA) is 116 Å². The van der Waals surface area contributed by atoms with Crippen LogP contribution in [-0.4, -0.2) is 39.1 Å². The molecule has 132 valence electrons. The van der Waals surface area contributed by atoms with E-state index in [1.165, 1.54) is 44.6 Å². The second-order valence-corrected chi connectivity index (χ2v) is 6.14. The smallest absolute Gasteiger partial charge is 0.341 e. The van der Waals surface area contributed by atoms with E-state index < -0.39 is 22.1 Å². The summed E-state index contributed by atoms with van der Waals surface area (Å²) in [6.07, 6.45) is 0. The maximum atomic E-state index is 11.9. The molecule has 0 amide bonds. The molecule has 25 heavy (non-hydrogen) atoms. The van der Waals surface area contributed by atoms with Crippen molar-refractivity contribution in [1.82, 2.24) is 0 Å². The third kappa shape index (κ3) is 4.14. The summed E-state index contributed by atoms with van der Waals surface area (Å²) in [5.74, 6) is -1.42. The summed E-state index contributed by atoms with van der Waals surface area (Å²) in [6.45, 7) is 0. The first-order chi connectivity index (χ1) is 11.8. The van der Waals surface area contributed by atoms with Crippen molar-refractivity contribution in [3.05, 3.63) is 53.6 Å². The number of hydrogen-bond acceptors (Lipinski definition) is 7. The van der Waals surface area contributed by atoms with E-state index in [1.54, 1.807) is 0 Å². The van der Waals surface area contributed by atoms with Gasteiger partial charge < -0.3 is 14.2 Å². The maximum absolute atomic E-state index is 11.9. The van der Waals surface area contributed by atoms with Crippen LogP contribution in [0.5, 0.6) is 11.5 Å². The van der Waals surface area contributed by atoms with E-state index in [4.69, 9.17) is 9.29 Å². The average molecular weight is 366 g/mol. The van der Waals surface area contributed by atoms with Gasteiger partial charge in [-0.05, 0) is 36.4 Å². The van der Waals surface area contributed by atoms with Gasteiger partial charge in [0.1, 0.15) is 16.9 Å². The average Bonchev–Trinajstić information content (AvgIpc) is 2.60. The van der Waals surface area contributed by atoms with Gasteiger partial charge in [0, 0.05) is 0 Å². The molecule has 2 rings (SSSR count). The fraction of sp³-hybridized carbons (Fsp3) is 0.125. The molecular weight excluding hydrogens is 352 g/mol. The van der Waals surface area contributed by atoms with E-state index in [9.17, 15) is 18.0 Å². The molecule has 0 aliphatic carbocycles. The van der Waals surface area contributed by atoms with Crippen molar-refractivity contribution >= 4 is 22.1 Å². The molecule has 0 saturated heterocycles. The Bertz CT molecular complexity index is 866. The molecule has 8 nitrogen and oxygen atoms in total. The van der Waals surface area contributed by atoms with Gasteiger partial charge in [0.25, 0.3) is 10.1 Å². The number of carbonyl (C=O) groups is 2. The fourth-order valence-electron chi connectivity index (χ4n) is 1.99. The Morgan fingerprint density at radius 2 is 1.36 bits per heavy atom. The van der Waals surface area contributed by atoms with Crippen LogP contribution in [0.4, 0.5) is 0 Å². The van der Waals surface area contributed by atoms with Gasteiger partial charge in [-0.25, -0.2) is 9.59 Å². The van der Waals surface area contributed by atoms with Gasteiger partial charge in [-0.1, -0.05) is 6.07 Å². The Morgan fingerprint density at radius 1 is 0.880 bits per heavy atom. The molecule has 0 atom stereocenters. The summed E-state index contributed by atoms with van der Waals surface area (Å²) >= 11 is 0. The quantitative estimate of drug-likeness (QED) is 0.633. The molecule has 0 radical (unpaired) electrons. The van der Waals surface area contributed by atoms with Crippen molar-refractivity contribution < 1.29 is 36.8 Å². The summed E-state index contributed by atoms with van der Waals surface area (Å²) in [5, 5.41) is 0. The molecule has 0 aliphatic heterocycles. The molecule has 0 heterocycles. The predicted molar refractivity (Wildman–Crippen MR) is 85.5 cm³/mol. The molecule has 0 aromatic heterocycles. The molecule has 9 heteroatoms. The monoisotopic (exact) mass is 366 g/mol. The van der Waals surface area contributed by atoms with Crippen molar-refractivity contribution in [1.29, 1.82) is 0 Å². The third-order valence-corrected chi connectivity index (χ3v) is 4.04. The lowest BCUT2D eigenvalue weighted by molar-refractivity contribution is 0.0593. The Balaban J connectivity index is 2.49. The first-order valence-corrected chi connectivity index (χ1v) is 8.27. The van der Waals surface area contributed by atoms with Gasteiger partial charge in [-0.3, -0.25) is 4.55 Å². The summed E-state index contributed by atoms with van der Waals surface area (Å²) < 4.78 is 46.0. The lowest BCUT2D eigenvalue weighted by Gasteiger charge is -2.13. The third-order valence-electron chi connectivity index (χ3n) is 3.17. The Labute approximate surface area is 143 Å². The predicted octanol–water partition coefficient (Wildman–Crippen LogP) is 2.30. The van der Waals surface area contributed by atoms with Crippen LogP contribution in [-0.2, 0) is 19.6 Å². The van der Waals surface area contributed by atoms with Crippen LogP contribution < -0.4 is 4.74 Å². The normalized spacial score (nSPS) is 10.8. The highest BCUT2D eigenvalue weighted by molar-refractivity contribution is 7.85. The number of para-hydroxylation sites is 1. The van der Waals surface area contributed by atoms with Crippen LogP contribution >= 0.6 is 0 Å². The van der Waals surface area contributed by atoms with Crippen molar-refractivity contribution in [3.63, 3.8) is 0 Å². The van der Waals surface area contributed by atoms with Crippen molar-refractivity contribution in [3.8, 4) is 11.5 Å². The van der Waals surface area contributed by atoms with Crippen LogP contribution in [0.1, 0.15) is 20.7 Å². The van der Waals surface area contributed by atoms with Crippen molar-refractivity contribution in [2.24, 2.45) is 0 Å². The molecule has 0 aliphatic rings. The van der Waals surface area contributed by atoms with Gasteiger partial charge in [-0.15, -0.1) is 0 Å². The number of hydrogen-bond donors (Lipinski definition) is 1. The van der Waals surface area contributed by atoms with Gasteiger partial charge in [-0.2, -0.15) is 8.42 Å². The van der Waals surface area contributed by atoms with E-state index >= 15 is 0 Å². The Kier molecular flexibility index (Phi) is 5.40. The van der Waals surface area contributed by atoms with Gasteiger partial charge >= 0.3 is 11.9 Å². The number of ether oxygens (including phenoxy) is 3. The van der Waals surface area contributed by atoms with E-state index in [2.05, 4.69) is 9.47 Å². The maximum Gasteiger partial charge on any atom is 0.341 e. The zero-order chi connectivity index (χ0) is 18.6. The zero-order valence-corrected chi connectivity index (χ0v) is 14.1. The molecule has 0 spiro atoms. The summed E-state index contributed by atoms with van der Waals surface area (Å²) in [6, 6.07) is 9.02. The molecule has 0 unspecified atom stereocenters. The van der Waals surface area contributed by atoms with E-state index in [-0.39, 0.29) is 27.5 Å². The van der Waals surface area contributed by atoms with Gasteiger partial charge in [0.05, 0.1) is 19.1 Å².